The first-order valence-corrected chi connectivity index (χ1v) is 9.71. The molecule has 1 aromatic heterocycles. The van der Waals surface area contributed by atoms with E-state index in [1.165, 1.54) is 24.3 Å². The number of hydrogen-bond acceptors (Lipinski definition) is 5. The molecular weight excluding hydrogens is 407 g/mol. The second-order valence-electron chi connectivity index (χ2n) is 6.65. The molecule has 0 saturated heterocycles. The number of halogens is 4. The van der Waals surface area contributed by atoms with E-state index < -0.39 is 43.3 Å². The number of aromatic amines is 1. The van der Waals surface area contributed by atoms with Crippen molar-refractivity contribution >= 4 is 26.5 Å². The molecule has 6 nitrogen and oxygen atoms in total. The third kappa shape index (κ3) is 3.68. The Kier molecular flexibility index (Phi) is 4.75. The Morgan fingerprint density at radius 2 is 1.89 bits per heavy atom. The zero-order valence-electron chi connectivity index (χ0n) is 14.2. The van der Waals surface area contributed by atoms with Gasteiger partial charge in [-0.3, -0.25) is 5.10 Å². The van der Waals surface area contributed by atoms with Crippen molar-refractivity contribution in [1.29, 1.82) is 0 Å². The van der Waals surface area contributed by atoms with E-state index in [2.05, 4.69) is 10.3 Å². The van der Waals surface area contributed by atoms with Crippen LogP contribution in [0.15, 0.2) is 35.5 Å². The van der Waals surface area contributed by atoms with Crippen LogP contribution in [0.3, 0.4) is 0 Å². The SMILES string of the molecule is CC1(C)CC(S(=O)(=O)C(c2ccccc2)c2c(C(F)(F)F)n[nH]c2Cl)=NO1. The number of rotatable bonds is 3. The Hall–Kier alpha value is -2.07. The van der Waals surface area contributed by atoms with E-state index in [9.17, 15) is 21.6 Å². The first kappa shape index (κ1) is 19.7. The molecule has 3 rings (SSSR count). The molecule has 0 saturated carbocycles. The average Bonchev–Trinajstić information content (AvgIpc) is 3.12. The molecule has 0 amide bonds. The normalized spacial score (nSPS) is 18.1. The summed E-state index contributed by atoms with van der Waals surface area (Å²) in [5, 5.41) is 6.25. The summed E-state index contributed by atoms with van der Waals surface area (Å²) in [5.41, 5.74) is -2.82. The minimum absolute atomic E-state index is 0.0739. The summed E-state index contributed by atoms with van der Waals surface area (Å²) in [6.07, 6.45) is -4.97. The lowest BCUT2D eigenvalue weighted by atomic mass is 10.0. The van der Waals surface area contributed by atoms with Gasteiger partial charge in [0.15, 0.2) is 10.7 Å². The van der Waals surface area contributed by atoms with Crippen LogP contribution in [0.1, 0.15) is 42.3 Å². The van der Waals surface area contributed by atoms with Gasteiger partial charge in [0.05, 0.1) is 0 Å². The Morgan fingerprint density at radius 1 is 1.26 bits per heavy atom. The summed E-state index contributed by atoms with van der Waals surface area (Å²) in [7, 11) is -4.37. The zero-order valence-corrected chi connectivity index (χ0v) is 15.8. The minimum Gasteiger partial charge on any atom is -0.389 e. The smallest absolute Gasteiger partial charge is 0.389 e. The second-order valence-corrected chi connectivity index (χ2v) is 9.06. The molecule has 1 aromatic carbocycles. The van der Waals surface area contributed by atoms with Crippen molar-refractivity contribution in [2.45, 2.75) is 37.3 Å². The Labute approximate surface area is 158 Å². The Bertz CT molecular complexity index is 985. The van der Waals surface area contributed by atoms with E-state index in [1.54, 1.807) is 19.9 Å². The van der Waals surface area contributed by atoms with Crippen molar-refractivity contribution in [3.63, 3.8) is 0 Å². The zero-order chi connectivity index (χ0) is 20.0. The average molecular weight is 422 g/mol. The molecule has 1 aliphatic heterocycles. The van der Waals surface area contributed by atoms with E-state index in [4.69, 9.17) is 16.4 Å². The van der Waals surface area contributed by atoms with Gasteiger partial charge in [-0.25, -0.2) is 8.42 Å². The largest absolute Gasteiger partial charge is 0.435 e. The highest BCUT2D eigenvalue weighted by Gasteiger charge is 2.47. The molecule has 1 atom stereocenters. The third-order valence-electron chi connectivity index (χ3n) is 4.00. The van der Waals surface area contributed by atoms with Crippen molar-refractivity contribution in [3.05, 3.63) is 52.3 Å². The summed E-state index contributed by atoms with van der Waals surface area (Å²) in [6, 6.07) is 7.49. The van der Waals surface area contributed by atoms with Gasteiger partial charge in [0, 0.05) is 12.0 Å². The maximum Gasteiger partial charge on any atom is 0.435 e. The van der Waals surface area contributed by atoms with E-state index >= 15 is 0 Å². The maximum absolute atomic E-state index is 13.4. The van der Waals surface area contributed by atoms with Gasteiger partial charge in [-0.2, -0.15) is 18.3 Å². The predicted molar refractivity (Wildman–Crippen MR) is 93.0 cm³/mol. The van der Waals surface area contributed by atoms with Crippen LogP contribution < -0.4 is 0 Å². The van der Waals surface area contributed by atoms with Crippen molar-refractivity contribution in [2.75, 3.05) is 0 Å². The van der Waals surface area contributed by atoms with Crippen molar-refractivity contribution < 1.29 is 26.4 Å². The number of nitrogens with zero attached hydrogens (tertiary/aromatic N) is 2. The lowest BCUT2D eigenvalue weighted by Gasteiger charge is -2.20. The van der Waals surface area contributed by atoms with Crippen LogP contribution in [0, 0.1) is 0 Å². The van der Waals surface area contributed by atoms with Gasteiger partial charge in [0.25, 0.3) is 0 Å². The lowest BCUT2D eigenvalue weighted by Crippen LogP contribution is -2.28. The quantitative estimate of drug-likeness (QED) is 0.808. The van der Waals surface area contributed by atoms with Gasteiger partial charge in [-0.05, 0) is 19.4 Å². The van der Waals surface area contributed by atoms with Crippen LogP contribution in [0.25, 0.3) is 0 Å². The molecule has 27 heavy (non-hydrogen) atoms. The van der Waals surface area contributed by atoms with Crippen LogP contribution in [0.4, 0.5) is 13.2 Å². The van der Waals surface area contributed by atoms with E-state index in [-0.39, 0.29) is 17.0 Å². The van der Waals surface area contributed by atoms with E-state index in [1.807, 2.05) is 5.10 Å². The van der Waals surface area contributed by atoms with Crippen molar-refractivity contribution in [3.8, 4) is 0 Å². The highest BCUT2D eigenvalue weighted by molar-refractivity contribution is 8.06. The van der Waals surface area contributed by atoms with Gasteiger partial charge in [0.1, 0.15) is 16.0 Å². The Morgan fingerprint density at radius 3 is 2.41 bits per heavy atom. The van der Waals surface area contributed by atoms with Gasteiger partial charge in [-0.15, -0.1) is 0 Å². The minimum atomic E-state index is -4.89. The number of nitrogens with one attached hydrogen (secondary N) is 1. The van der Waals surface area contributed by atoms with Gasteiger partial charge in [-0.1, -0.05) is 47.1 Å². The van der Waals surface area contributed by atoms with Crippen LogP contribution in [-0.2, 0) is 20.9 Å². The summed E-state index contributed by atoms with van der Waals surface area (Å²) < 4.78 is 66.9. The fraction of sp³-hybridized carbons (Fsp3) is 0.375. The van der Waals surface area contributed by atoms with E-state index in [0.717, 1.165) is 0 Å². The molecule has 1 N–H and O–H groups in total. The first-order valence-electron chi connectivity index (χ1n) is 7.78. The second kappa shape index (κ2) is 6.52. The molecule has 1 aliphatic rings. The molecule has 2 heterocycles. The molecular formula is C16H15ClF3N3O3S. The molecule has 2 aromatic rings. The third-order valence-corrected chi connectivity index (χ3v) is 6.29. The number of aromatic nitrogens is 2. The maximum atomic E-state index is 13.4. The number of benzene rings is 1. The highest BCUT2D eigenvalue weighted by Crippen LogP contribution is 2.43. The summed E-state index contributed by atoms with van der Waals surface area (Å²) in [4.78, 5) is 5.10. The first-order chi connectivity index (χ1) is 12.4. The molecule has 146 valence electrons. The molecule has 0 bridgehead atoms. The number of H-pyrrole nitrogens is 1. The Balaban J connectivity index is 2.23. The number of hydrogen-bond donors (Lipinski definition) is 1. The standard InChI is InChI=1S/C16H15ClF3N3O3S/c1-15(2)8-10(23-26-15)27(24,25)12(9-6-4-3-5-7-9)11-13(16(18,19)20)21-22-14(11)17/h3-7,12H,8H2,1-2H3,(H,21,22). The van der Waals surface area contributed by atoms with E-state index in [0.29, 0.717) is 0 Å². The number of alkyl halides is 3. The van der Waals surface area contributed by atoms with Crippen LogP contribution in [-0.4, -0.2) is 29.3 Å². The fourth-order valence-electron chi connectivity index (χ4n) is 2.81. The molecule has 0 spiro atoms. The van der Waals surface area contributed by atoms with Crippen LogP contribution in [0.5, 0.6) is 0 Å². The van der Waals surface area contributed by atoms with Crippen LogP contribution >= 0.6 is 11.6 Å². The predicted octanol–water partition coefficient (Wildman–Crippen LogP) is 4.10. The number of sulfone groups is 1. The molecule has 0 radical (unpaired) electrons. The van der Waals surface area contributed by atoms with Crippen molar-refractivity contribution in [2.24, 2.45) is 5.16 Å². The monoisotopic (exact) mass is 421 g/mol. The number of oxime groups is 1. The molecule has 0 aliphatic carbocycles. The van der Waals surface area contributed by atoms with Crippen LogP contribution in [0.2, 0.25) is 5.15 Å². The van der Waals surface area contributed by atoms with Gasteiger partial charge in [0.2, 0.25) is 9.84 Å². The van der Waals surface area contributed by atoms with Gasteiger partial charge >= 0.3 is 6.18 Å². The lowest BCUT2D eigenvalue weighted by molar-refractivity contribution is -0.141. The van der Waals surface area contributed by atoms with Gasteiger partial charge < -0.3 is 4.84 Å². The summed E-state index contributed by atoms with van der Waals surface area (Å²) in [5.74, 6) is 0. The van der Waals surface area contributed by atoms with Crippen molar-refractivity contribution in [1.82, 2.24) is 10.2 Å². The molecule has 11 heteroatoms. The summed E-state index contributed by atoms with van der Waals surface area (Å²) >= 11 is 5.91. The topological polar surface area (TPSA) is 84.4 Å². The molecule has 1 unspecified atom stereocenters. The fourth-order valence-corrected chi connectivity index (χ4v) is 5.13. The summed E-state index contributed by atoms with van der Waals surface area (Å²) in [6.45, 7) is 3.25. The molecule has 0 fully saturated rings. The highest BCUT2D eigenvalue weighted by atomic mass is 35.5.